The number of benzene rings is 1. The quantitative estimate of drug-likeness (QED) is 0.428. The monoisotopic (exact) mass is 413 g/mol. The number of unbranched alkanes of at least 4 members (excludes halogenated alkanes) is 1. The molecular formula is C25H32FNO3. The van der Waals surface area contributed by atoms with Gasteiger partial charge in [0.1, 0.15) is 19.0 Å². The van der Waals surface area contributed by atoms with Gasteiger partial charge in [0, 0.05) is 6.42 Å². The van der Waals surface area contributed by atoms with E-state index in [0.29, 0.717) is 18.9 Å². The van der Waals surface area contributed by atoms with E-state index in [2.05, 4.69) is 18.0 Å². The molecule has 0 saturated heterocycles. The van der Waals surface area contributed by atoms with Gasteiger partial charge in [-0.3, -0.25) is 0 Å². The van der Waals surface area contributed by atoms with Crippen molar-refractivity contribution in [2.24, 2.45) is 4.99 Å². The van der Waals surface area contributed by atoms with Crippen LogP contribution in [0.1, 0.15) is 69.9 Å². The maximum Gasteiger partial charge on any atom is 0.208 e. The first kappa shape index (κ1) is 22.3. The van der Waals surface area contributed by atoms with Crippen LogP contribution in [0, 0.1) is 5.82 Å². The van der Waals surface area contributed by atoms with E-state index in [0.717, 1.165) is 56.1 Å². The lowest BCUT2D eigenvalue weighted by Gasteiger charge is -2.20. The number of fused-ring (bicyclic) bond motifs is 1. The summed E-state index contributed by atoms with van der Waals surface area (Å²) in [7, 11) is 0. The van der Waals surface area contributed by atoms with E-state index < -0.39 is 0 Å². The Labute approximate surface area is 178 Å². The highest BCUT2D eigenvalue weighted by Gasteiger charge is 2.17. The van der Waals surface area contributed by atoms with Gasteiger partial charge >= 0.3 is 0 Å². The second kappa shape index (κ2) is 11.1. The molecule has 0 fully saturated rings. The number of Topliss-reactive ketones (excluding diaryl/α,β-unsaturated/α-hetero) is 1. The van der Waals surface area contributed by atoms with Crippen LogP contribution in [-0.2, 0) is 16.0 Å². The summed E-state index contributed by atoms with van der Waals surface area (Å²) in [6.45, 7) is 4.35. The van der Waals surface area contributed by atoms with Crippen molar-refractivity contribution in [3.8, 4) is 5.75 Å². The molecular weight excluding hydrogens is 381 g/mol. The summed E-state index contributed by atoms with van der Waals surface area (Å²) in [6, 6.07) is 3.64. The van der Waals surface area contributed by atoms with Crippen molar-refractivity contribution in [1.82, 2.24) is 0 Å². The first-order valence-corrected chi connectivity index (χ1v) is 11.1. The normalized spacial score (nSPS) is 17.4. The molecule has 4 nitrogen and oxygen atoms in total. The number of ketones is 1. The average molecular weight is 414 g/mol. The molecule has 0 unspecified atom stereocenters. The third-order valence-electron chi connectivity index (χ3n) is 5.46. The highest BCUT2D eigenvalue weighted by Crippen LogP contribution is 2.34. The highest BCUT2D eigenvalue weighted by molar-refractivity contribution is 5.89. The van der Waals surface area contributed by atoms with Crippen molar-refractivity contribution < 1.29 is 18.7 Å². The predicted octanol–water partition coefficient (Wildman–Crippen LogP) is 5.84. The molecule has 0 N–H and O–H groups in total. The van der Waals surface area contributed by atoms with Gasteiger partial charge in [0.25, 0.3) is 0 Å². The van der Waals surface area contributed by atoms with Gasteiger partial charge in [0.05, 0.1) is 6.04 Å². The van der Waals surface area contributed by atoms with E-state index in [9.17, 15) is 9.18 Å². The molecule has 0 aromatic heterocycles. The van der Waals surface area contributed by atoms with Gasteiger partial charge in [0.2, 0.25) is 5.90 Å². The predicted molar refractivity (Wildman–Crippen MR) is 119 cm³/mol. The van der Waals surface area contributed by atoms with Crippen molar-refractivity contribution >= 4 is 17.3 Å². The Morgan fingerprint density at radius 3 is 2.87 bits per heavy atom. The molecule has 0 saturated carbocycles. The fourth-order valence-corrected chi connectivity index (χ4v) is 3.93. The Morgan fingerprint density at radius 2 is 2.07 bits per heavy atom. The van der Waals surface area contributed by atoms with Crippen LogP contribution < -0.4 is 4.74 Å². The lowest BCUT2D eigenvalue weighted by atomic mass is 9.87. The SMILES string of the molecule is CCC[C@H]1C=CC(OCCOc2cc3c(cc2F)CCC=C3CCCCC(C)=O)=N1. The average Bonchev–Trinajstić information content (AvgIpc) is 3.16. The van der Waals surface area contributed by atoms with E-state index in [4.69, 9.17) is 9.47 Å². The summed E-state index contributed by atoms with van der Waals surface area (Å²) in [5, 5.41) is 0. The smallest absolute Gasteiger partial charge is 0.208 e. The Bertz CT molecular complexity index is 841. The zero-order valence-corrected chi connectivity index (χ0v) is 18.1. The van der Waals surface area contributed by atoms with Crippen molar-refractivity contribution in [3.63, 3.8) is 0 Å². The van der Waals surface area contributed by atoms with Crippen LogP contribution in [0.2, 0.25) is 0 Å². The summed E-state index contributed by atoms with van der Waals surface area (Å²) in [5.41, 5.74) is 3.34. The van der Waals surface area contributed by atoms with Crippen LogP contribution in [0.3, 0.4) is 0 Å². The maximum atomic E-state index is 14.5. The first-order chi connectivity index (χ1) is 14.6. The number of carbonyl (C=O) groups is 1. The van der Waals surface area contributed by atoms with Gasteiger partial charge in [-0.2, -0.15) is 0 Å². The van der Waals surface area contributed by atoms with Gasteiger partial charge in [-0.25, -0.2) is 9.38 Å². The largest absolute Gasteiger partial charge is 0.487 e. The van der Waals surface area contributed by atoms with Gasteiger partial charge in [-0.05, 0) is 80.4 Å². The molecule has 1 heterocycles. The van der Waals surface area contributed by atoms with Gasteiger partial charge < -0.3 is 14.3 Å². The third-order valence-corrected chi connectivity index (χ3v) is 5.46. The van der Waals surface area contributed by atoms with Crippen molar-refractivity contribution in [3.05, 3.63) is 47.3 Å². The molecule has 1 atom stereocenters. The molecule has 1 aromatic carbocycles. The van der Waals surface area contributed by atoms with Crippen LogP contribution in [0.25, 0.3) is 5.57 Å². The number of hydrogen-bond acceptors (Lipinski definition) is 4. The fraction of sp³-hybridized carbons (Fsp3) is 0.520. The minimum atomic E-state index is -0.326. The van der Waals surface area contributed by atoms with E-state index in [1.54, 1.807) is 13.0 Å². The summed E-state index contributed by atoms with van der Waals surface area (Å²) >= 11 is 0. The van der Waals surface area contributed by atoms with E-state index in [1.165, 1.54) is 5.57 Å². The number of nitrogens with zero attached hydrogens (tertiary/aromatic N) is 1. The molecule has 1 aliphatic heterocycles. The Balaban J connectivity index is 1.53. The van der Waals surface area contributed by atoms with Crippen LogP contribution in [-0.4, -0.2) is 30.9 Å². The van der Waals surface area contributed by atoms with Gasteiger partial charge in [-0.15, -0.1) is 0 Å². The molecule has 3 rings (SSSR count). The number of aryl methyl sites for hydroxylation is 1. The number of aliphatic imine (C=N–C) groups is 1. The highest BCUT2D eigenvalue weighted by atomic mass is 19.1. The van der Waals surface area contributed by atoms with Crippen LogP contribution in [0.5, 0.6) is 5.75 Å². The zero-order chi connectivity index (χ0) is 21.3. The van der Waals surface area contributed by atoms with Crippen molar-refractivity contribution in [2.45, 2.75) is 71.3 Å². The molecule has 1 aromatic rings. The lowest BCUT2D eigenvalue weighted by Crippen LogP contribution is -2.12. The fourth-order valence-electron chi connectivity index (χ4n) is 3.93. The molecule has 2 aliphatic rings. The number of hydrogen-bond donors (Lipinski definition) is 0. The lowest BCUT2D eigenvalue weighted by molar-refractivity contribution is -0.117. The molecule has 0 radical (unpaired) electrons. The number of carbonyl (C=O) groups excluding carboxylic acids is 1. The number of allylic oxidation sites excluding steroid dienone is 2. The maximum absolute atomic E-state index is 14.5. The summed E-state index contributed by atoms with van der Waals surface area (Å²) in [5.74, 6) is 0.793. The molecule has 0 amide bonds. The molecule has 5 heteroatoms. The van der Waals surface area contributed by atoms with Crippen LogP contribution >= 0.6 is 0 Å². The van der Waals surface area contributed by atoms with Crippen molar-refractivity contribution in [1.29, 1.82) is 0 Å². The van der Waals surface area contributed by atoms with E-state index >= 15 is 0 Å². The van der Waals surface area contributed by atoms with Crippen LogP contribution in [0.15, 0.2) is 35.4 Å². The number of rotatable bonds is 11. The summed E-state index contributed by atoms with van der Waals surface area (Å²) in [6.07, 6.45) is 13.4. The summed E-state index contributed by atoms with van der Waals surface area (Å²) < 4.78 is 25.8. The van der Waals surface area contributed by atoms with Gasteiger partial charge in [-0.1, -0.05) is 25.5 Å². The minimum absolute atomic E-state index is 0.213. The van der Waals surface area contributed by atoms with E-state index in [1.807, 2.05) is 18.2 Å². The Hall–Kier alpha value is -2.43. The standard InChI is InChI=1S/C25H32FNO3/c1-3-7-21-12-13-25(27-21)30-15-14-29-24-17-22-19(9-5-4-8-18(2)28)10-6-11-20(22)16-23(24)26/h10,12-13,16-17,21H,3-9,11,14-15H2,1-2H3/t21-/m0/s1. The topological polar surface area (TPSA) is 47.9 Å². The molecule has 1 aliphatic carbocycles. The molecule has 162 valence electrons. The third kappa shape index (κ3) is 6.28. The van der Waals surface area contributed by atoms with Crippen molar-refractivity contribution in [2.75, 3.05) is 13.2 Å². The first-order valence-electron chi connectivity index (χ1n) is 11.1. The molecule has 0 spiro atoms. The number of ether oxygens (including phenoxy) is 2. The summed E-state index contributed by atoms with van der Waals surface area (Å²) in [4.78, 5) is 15.6. The van der Waals surface area contributed by atoms with E-state index in [-0.39, 0.29) is 30.0 Å². The van der Waals surface area contributed by atoms with Crippen LogP contribution in [0.4, 0.5) is 4.39 Å². The number of halogens is 1. The molecule has 30 heavy (non-hydrogen) atoms. The Kier molecular flexibility index (Phi) is 8.23. The molecule has 0 bridgehead atoms. The zero-order valence-electron chi connectivity index (χ0n) is 18.1. The Morgan fingerprint density at radius 1 is 1.23 bits per heavy atom. The second-order valence-corrected chi connectivity index (χ2v) is 8.00. The van der Waals surface area contributed by atoms with Gasteiger partial charge in [0.15, 0.2) is 11.6 Å². The second-order valence-electron chi connectivity index (χ2n) is 8.00. The minimum Gasteiger partial charge on any atom is -0.487 e.